The van der Waals surface area contributed by atoms with Crippen LogP contribution in [-0.2, 0) is 0 Å². The molecule has 0 unspecified atom stereocenters. The molecule has 0 atom stereocenters. The molecule has 31 heavy (non-hydrogen) atoms. The highest BCUT2D eigenvalue weighted by molar-refractivity contribution is 5.85. The van der Waals surface area contributed by atoms with Gasteiger partial charge in [0.1, 0.15) is 17.3 Å². The Labute approximate surface area is 184 Å². The first-order valence-corrected chi connectivity index (χ1v) is 8.58. The molecule has 0 aliphatic heterocycles. The Morgan fingerprint density at radius 2 is 1.23 bits per heavy atom. The first kappa shape index (κ1) is 32.7. The van der Waals surface area contributed by atoms with E-state index in [1.54, 1.807) is 0 Å². The fourth-order valence-electron chi connectivity index (χ4n) is 1.99. The van der Waals surface area contributed by atoms with Crippen LogP contribution in [0.4, 0.5) is 30.2 Å². The van der Waals surface area contributed by atoms with E-state index in [2.05, 4.69) is 25.7 Å². The zero-order valence-electron chi connectivity index (χ0n) is 17.4. The molecule has 0 saturated carbocycles. The molecule has 2 aromatic carbocycles. The van der Waals surface area contributed by atoms with Crippen molar-refractivity contribution >= 4 is 29.5 Å². The van der Waals surface area contributed by atoms with Crippen LogP contribution in [0.25, 0.3) is 0 Å². The predicted octanol–water partition coefficient (Wildman–Crippen LogP) is 5.12. The maximum absolute atomic E-state index is 12.4. The van der Waals surface area contributed by atoms with E-state index in [0.29, 0.717) is 6.07 Å². The molecule has 9 nitrogen and oxygen atoms in total. The van der Waals surface area contributed by atoms with Crippen molar-refractivity contribution in [2.45, 2.75) is 20.8 Å². The van der Waals surface area contributed by atoms with Crippen LogP contribution in [0.3, 0.4) is 0 Å². The normalized spacial score (nSPS) is 9.13. The number of nitrogens with zero attached hydrogens (tertiary/aromatic N) is 3. The highest BCUT2D eigenvalue weighted by atomic mass is 35.5. The molecule has 0 aliphatic rings. The molecule has 13 heteroatoms. The molecular formula is C18H27ClF3N5O4. The van der Waals surface area contributed by atoms with Gasteiger partial charge in [-0.1, -0.05) is 20.8 Å². The highest BCUT2D eigenvalue weighted by Crippen LogP contribution is 2.20. The summed E-state index contributed by atoms with van der Waals surface area (Å²) in [5.74, 6) is -2.56. The summed E-state index contributed by atoms with van der Waals surface area (Å²) in [6.45, 7) is 10.1. The van der Waals surface area contributed by atoms with Gasteiger partial charge in [0.2, 0.25) is 5.82 Å². The van der Waals surface area contributed by atoms with Gasteiger partial charge in [-0.25, -0.2) is 8.78 Å². The van der Waals surface area contributed by atoms with E-state index in [0.717, 1.165) is 30.3 Å². The van der Waals surface area contributed by atoms with Gasteiger partial charge in [0, 0.05) is 24.3 Å². The number of hydrogen-bond donors (Lipinski definition) is 2. The lowest BCUT2D eigenvalue weighted by Gasteiger charge is -2.13. The van der Waals surface area contributed by atoms with Crippen molar-refractivity contribution < 1.29 is 23.0 Å². The summed E-state index contributed by atoms with van der Waals surface area (Å²) in [6, 6.07) is 5.03. The van der Waals surface area contributed by atoms with Gasteiger partial charge in [-0.3, -0.25) is 20.2 Å². The summed E-state index contributed by atoms with van der Waals surface area (Å²) in [7, 11) is 0. The minimum absolute atomic E-state index is 0. The predicted molar refractivity (Wildman–Crippen MR) is 116 cm³/mol. The van der Waals surface area contributed by atoms with Gasteiger partial charge < -0.3 is 16.8 Å². The number of hydrogen-bond acceptors (Lipinski definition) is 7. The molecule has 5 N–H and O–H groups in total. The second kappa shape index (κ2) is 16.8. The van der Waals surface area contributed by atoms with Crippen molar-refractivity contribution in [3.63, 3.8) is 0 Å². The molecule has 0 amide bonds. The van der Waals surface area contributed by atoms with Gasteiger partial charge in [0.25, 0.3) is 5.69 Å². The first-order chi connectivity index (χ1) is 13.6. The Balaban J connectivity index is -0.000000378. The van der Waals surface area contributed by atoms with Crippen LogP contribution in [0, 0.1) is 37.7 Å². The maximum Gasteiger partial charge on any atom is 0.304 e. The van der Waals surface area contributed by atoms with E-state index in [-0.39, 0.29) is 29.9 Å². The number of rotatable bonds is 5. The van der Waals surface area contributed by atoms with Crippen molar-refractivity contribution in [2.24, 2.45) is 0 Å². The fourth-order valence-corrected chi connectivity index (χ4v) is 1.99. The summed E-state index contributed by atoms with van der Waals surface area (Å²) >= 11 is 0. The van der Waals surface area contributed by atoms with E-state index in [9.17, 15) is 33.4 Å². The Morgan fingerprint density at radius 1 is 0.839 bits per heavy atom. The van der Waals surface area contributed by atoms with E-state index >= 15 is 0 Å². The topological polar surface area (TPSA) is 151 Å². The fraction of sp³-hybridized carbons (Fsp3) is 0.333. The average Bonchev–Trinajstić information content (AvgIpc) is 2.63. The molecule has 0 saturated heterocycles. The summed E-state index contributed by atoms with van der Waals surface area (Å²) in [4.78, 5) is 20.9. The average molecular weight is 470 g/mol. The van der Waals surface area contributed by atoms with E-state index in [1.165, 1.54) is 19.6 Å². The van der Waals surface area contributed by atoms with Gasteiger partial charge in [0.15, 0.2) is 0 Å². The van der Waals surface area contributed by atoms with E-state index < -0.39 is 33.0 Å². The van der Waals surface area contributed by atoms with Crippen LogP contribution in [0.1, 0.15) is 20.8 Å². The summed E-state index contributed by atoms with van der Waals surface area (Å²) in [6.07, 6.45) is 0. The van der Waals surface area contributed by atoms with Crippen molar-refractivity contribution in [1.29, 1.82) is 0 Å². The van der Waals surface area contributed by atoms with E-state index in [4.69, 9.17) is 5.73 Å². The van der Waals surface area contributed by atoms with Crippen molar-refractivity contribution in [1.82, 2.24) is 11.1 Å². The molecule has 0 spiro atoms. The molecule has 0 aliphatic carbocycles. The van der Waals surface area contributed by atoms with Crippen LogP contribution >= 0.6 is 12.4 Å². The second-order valence-electron chi connectivity index (χ2n) is 5.43. The third-order valence-electron chi connectivity index (χ3n) is 3.63. The Bertz CT molecular complexity index is 760. The number of nitro groups is 2. The lowest BCUT2D eigenvalue weighted by Crippen LogP contribution is -2.21. The quantitative estimate of drug-likeness (QED) is 0.350. The SMILES string of the molecule is CCN(CC)CC.Cl.N.Nc1cc(F)ccc1[N+](=O)[O-].O=[N+]([O-])c1ccc(F)cc1F. The van der Waals surface area contributed by atoms with E-state index in [1.807, 2.05) is 0 Å². The van der Waals surface area contributed by atoms with Crippen LogP contribution in [0.2, 0.25) is 0 Å². The van der Waals surface area contributed by atoms with Crippen molar-refractivity contribution in [2.75, 3.05) is 25.4 Å². The van der Waals surface area contributed by atoms with Crippen molar-refractivity contribution in [3.05, 3.63) is 74.1 Å². The van der Waals surface area contributed by atoms with Gasteiger partial charge in [0.05, 0.1) is 9.85 Å². The molecule has 0 aromatic heterocycles. The molecule has 176 valence electrons. The largest absolute Gasteiger partial charge is 0.393 e. The number of anilines is 1. The molecule has 2 aromatic rings. The summed E-state index contributed by atoms with van der Waals surface area (Å²) in [5.41, 5.74) is 4.00. The lowest BCUT2D eigenvalue weighted by atomic mass is 10.3. The number of benzene rings is 2. The first-order valence-electron chi connectivity index (χ1n) is 8.58. The smallest absolute Gasteiger partial charge is 0.304 e. The Morgan fingerprint density at radius 3 is 1.52 bits per heavy atom. The molecule has 0 heterocycles. The zero-order chi connectivity index (χ0) is 22.6. The van der Waals surface area contributed by atoms with Crippen LogP contribution < -0.4 is 11.9 Å². The van der Waals surface area contributed by atoms with Crippen LogP contribution in [0.5, 0.6) is 0 Å². The third-order valence-corrected chi connectivity index (χ3v) is 3.63. The third kappa shape index (κ3) is 12.4. The molecule has 0 radical (unpaired) electrons. The molecule has 0 bridgehead atoms. The molecule has 0 fully saturated rings. The maximum atomic E-state index is 12.4. The minimum atomic E-state index is -1.16. The van der Waals surface area contributed by atoms with Crippen LogP contribution in [-0.4, -0.2) is 34.4 Å². The monoisotopic (exact) mass is 469 g/mol. The standard InChI is InChI=1S/C6H3F2NO2.C6H5FN2O2.C6H15N.ClH.H3N/c2*7-4-1-2-6(9(10)11)5(8)3-4;1-4-7(5-2)6-3;;/h1-3H;1-3H,8H2;4-6H2,1-3H3;1H;1H3. The number of nitrogens with two attached hydrogens (primary N) is 1. The number of nitro benzene ring substituents is 2. The van der Waals surface area contributed by atoms with Crippen LogP contribution in [0.15, 0.2) is 36.4 Å². The molecular weight excluding hydrogens is 443 g/mol. The molecule has 2 rings (SSSR count). The van der Waals surface area contributed by atoms with Gasteiger partial charge in [-0.15, -0.1) is 12.4 Å². The lowest BCUT2D eigenvalue weighted by molar-refractivity contribution is -0.387. The Kier molecular flexibility index (Phi) is 17.7. The highest BCUT2D eigenvalue weighted by Gasteiger charge is 2.13. The second-order valence-corrected chi connectivity index (χ2v) is 5.43. The van der Waals surface area contributed by atoms with Gasteiger partial charge in [-0.2, -0.15) is 4.39 Å². The minimum Gasteiger partial charge on any atom is -0.393 e. The number of halogens is 4. The summed E-state index contributed by atoms with van der Waals surface area (Å²) < 4.78 is 36.9. The van der Waals surface area contributed by atoms with Gasteiger partial charge >= 0.3 is 5.69 Å². The summed E-state index contributed by atoms with van der Waals surface area (Å²) in [5, 5.41) is 20.1. The zero-order valence-corrected chi connectivity index (χ0v) is 18.2. The Hall–Kier alpha value is -2.96. The number of nitrogen functional groups attached to an aromatic ring is 1. The van der Waals surface area contributed by atoms with Crippen molar-refractivity contribution in [3.8, 4) is 0 Å². The van der Waals surface area contributed by atoms with Gasteiger partial charge in [-0.05, 0) is 31.8 Å².